The molecule has 2 unspecified atom stereocenters. The van der Waals surface area contributed by atoms with Gasteiger partial charge in [-0.15, -0.1) is 0 Å². The number of hydrogen-bond acceptors (Lipinski definition) is 4. The number of nitrogens with two attached hydrogens (primary N) is 1. The summed E-state index contributed by atoms with van der Waals surface area (Å²) in [7, 11) is 0. The Morgan fingerprint density at radius 1 is 1.04 bits per heavy atom. The first-order valence-corrected chi connectivity index (χ1v) is 9.20. The monoisotopic (exact) mass is 316 g/mol. The number of anilines is 1. The molecule has 0 aliphatic carbocycles. The normalized spacial score (nSPS) is 26.8. The van der Waals surface area contributed by atoms with Gasteiger partial charge in [0.1, 0.15) is 0 Å². The molecule has 2 saturated heterocycles. The zero-order chi connectivity index (χ0) is 16.2. The number of nitrogens with zero attached hydrogens (tertiary/aromatic N) is 3. The number of likely N-dealkylation sites (tertiary alicyclic amines) is 1. The van der Waals surface area contributed by atoms with E-state index in [4.69, 9.17) is 5.73 Å². The highest BCUT2D eigenvalue weighted by Gasteiger charge is 2.27. The molecule has 2 N–H and O–H groups in total. The van der Waals surface area contributed by atoms with Gasteiger partial charge in [0.15, 0.2) is 0 Å². The van der Waals surface area contributed by atoms with E-state index in [2.05, 4.69) is 52.8 Å². The Labute approximate surface area is 141 Å². The summed E-state index contributed by atoms with van der Waals surface area (Å²) in [5.74, 6) is 0.611. The molecular formula is C19H32N4. The summed E-state index contributed by atoms with van der Waals surface area (Å²) < 4.78 is 0. The lowest BCUT2D eigenvalue weighted by atomic mass is 10.1. The summed E-state index contributed by atoms with van der Waals surface area (Å²) in [6, 6.07) is 9.27. The van der Waals surface area contributed by atoms with Crippen molar-refractivity contribution in [2.75, 3.05) is 50.7 Å². The minimum absolute atomic E-state index is 0.333. The number of benzene rings is 1. The Balaban J connectivity index is 1.64. The maximum absolute atomic E-state index is 6.19. The highest BCUT2D eigenvalue weighted by Crippen LogP contribution is 2.25. The fourth-order valence-corrected chi connectivity index (χ4v) is 3.95. The van der Waals surface area contributed by atoms with E-state index in [9.17, 15) is 0 Å². The average molecular weight is 316 g/mol. The van der Waals surface area contributed by atoms with Crippen molar-refractivity contribution in [3.63, 3.8) is 0 Å². The molecule has 3 rings (SSSR count). The van der Waals surface area contributed by atoms with Crippen LogP contribution in [0.3, 0.4) is 0 Å². The van der Waals surface area contributed by atoms with E-state index < -0.39 is 0 Å². The molecule has 0 saturated carbocycles. The van der Waals surface area contributed by atoms with Crippen molar-refractivity contribution >= 4 is 5.69 Å². The Hall–Kier alpha value is -1.10. The van der Waals surface area contributed by atoms with Gasteiger partial charge < -0.3 is 10.6 Å². The predicted molar refractivity (Wildman–Crippen MR) is 97.8 cm³/mol. The van der Waals surface area contributed by atoms with Crippen molar-refractivity contribution in [1.82, 2.24) is 9.80 Å². The van der Waals surface area contributed by atoms with Crippen molar-refractivity contribution < 1.29 is 0 Å². The Morgan fingerprint density at radius 3 is 2.43 bits per heavy atom. The van der Waals surface area contributed by atoms with Gasteiger partial charge in [-0.05, 0) is 30.5 Å². The lowest BCUT2D eigenvalue weighted by molar-refractivity contribution is 0.258. The Kier molecular flexibility index (Phi) is 5.57. The lowest BCUT2D eigenvalue weighted by Crippen LogP contribution is -2.47. The molecule has 1 aromatic carbocycles. The molecule has 2 fully saturated rings. The van der Waals surface area contributed by atoms with Gasteiger partial charge in [0, 0.05) is 57.5 Å². The molecule has 0 bridgehead atoms. The van der Waals surface area contributed by atoms with Crippen LogP contribution in [-0.4, -0.2) is 61.7 Å². The van der Waals surface area contributed by atoms with E-state index >= 15 is 0 Å². The minimum atomic E-state index is 0.333. The van der Waals surface area contributed by atoms with Crippen LogP contribution < -0.4 is 10.6 Å². The molecule has 1 aromatic rings. The van der Waals surface area contributed by atoms with Crippen LogP contribution >= 0.6 is 0 Å². The smallest absolute Gasteiger partial charge is 0.0412 e. The molecule has 2 atom stereocenters. The predicted octanol–water partition coefficient (Wildman–Crippen LogP) is 2.00. The van der Waals surface area contributed by atoms with Crippen LogP contribution in [0, 0.1) is 5.92 Å². The molecule has 4 heteroatoms. The van der Waals surface area contributed by atoms with Crippen molar-refractivity contribution in [1.29, 1.82) is 0 Å². The van der Waals surface area contributed by atoms with Gasteiger partial charge in [0.2, 0.25) is 0 Å². The van der Waals surface area contributed by atoms with Crippen LogP contribution in [0.1, 0.15) is 25.8 Å². The Bertz CT molecular complexity index is 486. The summed E-state index contributed by atoms with van der Waals surface area (Å²) in [5, 5.41) is 0. The molecule has 0 radical (unpaired) electrons. The van der Waals surface area contributed by atoms with Crippen LogP contribution in [0.2, 0.25) is 0 Å². The van der Waals surface area contributed by atoms with E-state index in [1.54, 1.807) is 0 Å². The van der Waals surface area contributed by atoms with Gasteiger partial charge in [0.05, 0.1) is 0 Å². The second-order valence-corrected chi connectivity index (χ2v) is 7.29. The maximum atomic E-state index is 6.19. The molecule has 128 valence electrons. The molecule has 2 heterocycles. The van der Waals surface area contributed by atoms with Gasteiger partial charge in [-0.1, -0.05) is 32.0 Å². The zero-order valence-electron chi connectivity index (χ0n) is 14.7. The maximum Gasteiger partial charge on any atom is 0.0412 e. The number of para-hydroxylation sites is 1. The van der Waals surface area contributed by atoms with E-state index in [0.717, 1.165) is 32.7 Å². The molecule has 0 spiro atoms. The number of hydrogen-bond donors (Lipinski definition) is 1. The van der Waals surface area contributed by atoms with Crippen LogP contribution in [0.4, 0.5) is 5.69 Å². The van der Waals surface area contributed by atoms with Gasteiger partial charge in [0.25, 0.3) is 0 Å². The summed E-state index contributed by atoms with van der Waals surface area (Å²) in [6.07, 6.45) is 1.25. The van der Waals surface area contributed by atoms with Crippen molar-refractivity contribution in [2.45, 2.75) is 32.9 Å². The molecular weight excluding hydrogens is 284 g/mol. The fourth-order valence-electron chi connectivity index (χ4n) is 3.95. The summed E-state index contributed by atoms with van der Waals surface area (Å²) in [5.41, 5.74) is 9.07. The molecule has 2 aliphatic heterocycles. The van der Waals surface area contributed by atoms with Crippen molar-refractivity contribution in [2.24, 2.45) is 11.7 Å². The molecule has 0 aromatic heterocycles. The first kappa shape index (κ1) is 16.7. The highest BCUT2D eigenvalue weighted by molar-refractivity contribution is 5.54. The lowest BCUT2D eigenvalue weighted by Gasteiger charge is -2.37. The SMILES string of the molecule is CCCN1CCN(c2ccccc2CN2CC(C)C(N)C2)CC1. The van der Waals surface area contributed by atoms with E-state index in [0.29, 0.717) is 12.0 Å². The largest absolute Gasteiger partial charge is 0.369 e. The van der Waals surface area contributed by atoms with E-state index in [1.165, 1.54) is 37.3 Å². The first-order valence-electron chi connectivity index (χ1n) is 9.20. The summed E-state index contributed by atoms with van der Waals surface area (Å²) in [6.45, 7) is 13.6. The number of rotatable bonds is 5. The van der Waals surface area contributed by atoms with Gasteiger partial charge in [-0.25, -0.2) is 0 Å². The van der Waals surface area contributed by atoms with Crippen LogP contribution in [0.15, 0.2) is 24.3 Å². The second kappa shape index (κ2) is 7.65. The fraction of sp³-hybridized carbons (Fsp3) is 0.684. The average Bonchev–Trinajstić information content (AvgIpc) is 2.87. The standard InChI is InChI=1S/C19H32N4/c1-3-8-21-9-11-23(12-10-21)19-7-5-4-6-17(19)14-22-13-16(2)18(20)15-22/h4-7,16,18H,3,8-15,20H2,1-2H3. The van der Waals surface area contributed by atoms with Crippen molar-refractivity contribution in [3.8, 4) is 0 Å². The summed E-state index contributed by atoms with van der Waals surface area (Å²) >= 11 is 0. The van der Waals surface area contributed by atoms with Gasteiger partial charge in [-0.3, -0.25) is 9.80 Å². The second-order valence-electron chi connectivity index (χ2n) is 7.29. The van der Waals surface area contributed by atoms with Crippen LogP contribution in [-0.2, 0) is 6.54 Å². The minimum Gasteiger partial charge on any atom is -0.369 e. The highest BCUT2D eigenvalue weighted by atomic mass is 15.3. The van der Waals surface area contributed by atoms with Crippen LogP contribution in [0.25, 0.3) is 0 Å². The third-order valence-electron chi connectivity index (χ3n) is 5.38. The van der Waals surface area contributed by atoms with Gasteiger partial charge >= 0.3 is 0 Å². The Morgan fingerprint density at radius 2 is 1.78 bits per heavy atom. The van der Waals surface area contributed by atoms with Crippen LogP contribution in [0.5, 0.6) is 0 Å². The topological polar surface area (TPSA) is 35.7 Å². The van der Waals surface area contributed by atoms with Gasteiger partial charge in [-0.2, -0.15) is 0 Å². The summed E-state index contributed by atoms with van der Waals surface area (Å²) in [4.78, 5) is 7.67. The van der Waals surface area contributed by atoms with Crippen molar-refractivity contribution in [3.05, 3.63) is 29.8 Å². The quantitative estimate of drug-likeness (QED) is 0.901. The third-order valence-corrected chi connectivity index (χ3v) is 5.38. The van der Waals surface area contributed by atoms with E-state index in [1.807, 2.05) is 0 Å². The third kappa shape index (κ3) is 4.06. The molecule has 23 heavy (non-hydrogen) atoms. The van der Waals surface area contributed by atoms with E-state index in [-0.39, 0.29) is 0 Å². The number of piperazine rings is 1. The molecule has 0 amide bonds. The molecule has 4 nitrogen and oxygen atoms in total. The molecule has 2 aliphatic rings. The zero-order valence-corrected chi connectivity index (χ0v) is 14.7. The first-order chi connectivity index (χ1) is 11.2.